The summed E-state index contributed by atoms with van der Waals surface area (Å²) in [6, 6.07) is 23.9. The third-order valence-corrected chi connectivity index (χ3v) is 7.79. The highest BCUT2D eigenvalue weighted by Crippen LogP contribution is 2.20. The molecule has 4 rings (SSSR count). The molecule has 1 saturated heterocycles. The minimum atomic E-state index is -3.59. The van der Waals surface area contributed by atoms with Gasteiger partial charge in [-0.3, -0.25) is 9.59 Å². The lowest BCUT2D eigenvalue weighted by atomic mass is 10.1. The zero-order valence-electron chi connectivity index (χ0n) is 19.4. The predicted molar refractivity (Wildman–Crippen MR) is 136 cm³/mol. The van der Waals surface area contributed by atoms with Crippen LogP contribution >= 0.6 is 0 Å². The van der Waals surface area contributed by atoms with Gasteiger partial charge in [-0.15, -0.1) is 0 Å². The van der Waals surface area contributed by atoms with Crippen LogP contribution in [0, 0.1) is 0 Å². The van der Waals surface area contributed by atoms with Crippen molar-refractivity contribution in [2.45, 2.75) is 17.9 Å². The van der Waals surface area contributed by atoms with E-state index in [0.717, 1.165) is 0 Å². The molecule has 1 fully saturated rings. The van der Waals surface area contributed by atoms with Gasteiger partial charge in [-0.1, -0.05) is 48.5 Å². The lowest BCUT2D eigenvalue weighted by Crippen LogP contribution is -2.53. The van der Waals surface area contributed by atoms with Gasteiger partial charge in [0.2, 0.25) is 15.9 Å². The normalized spacial score (nSPS) is 15.3. The number of para-hydroxylation sites is 2. The number of carbonyl (C=O) groups excluding carboxylic acids is 2. The zero-order chi connectivity index (χ0) is 24.8. The Morgan fingerprint density at radius 1 is 0.800 bits per heavy atom. The van der Waals surface area contributed by atoms with Crippen LogP contribution in [0.25, 0.3) is 0 Å². The van der Waals surface area contributed by atoms with Crippen molar-refractivity contribution in [2.75, 3.05) is 36.8 Å². The maximum Gasteiger partial charge on any atom is 0.257 e. The molecule has 1 heterocycles. The monoisotopic (exact) mass is 492 g/mol. The molecular formula is C26H28N4O4S. The molecular weight excluding hydrogens is 464 g/mol. The molecule has 0 saturated carbocycles. The molecule has 2 amide bonds. The molecule has 2 N–H and O–H groups in total. The molecule has 8 nitrogen and oxygen atoms in total. The fourth-order valence-electron chi connectivity index (χ4n) is 3.99. The Morgan fingerprint density at radius 2 is 1.37 bits per heavy atom. The summed E-state index contributed by atoms with van der Waals surface area (Å²) in [6.45, 7) is 2.79. The number of amides is 2. The van der Waals surface area contributed by atoms with E-state index in [1.807, 2.05) is 18.2 Å². The Hall–Kier alpha value is -3.69. The highest BCUT2D eigenvalue weighted by atomic mass is 32.2. The molecule has 0 aromatic heterocycles. The van der Waals surface area contributed by atoms with Crippen LogP contribution in [-0.2, 0) is 14.8 Å². The van der Waals surface area contributed by atoms with E-state index < -0.39 is 16.1 Å². The quantitative estimate of drug-likeness (QED) is 0.528. The van der Waals surface area contributed by atoms with Crippen molar-refractivity contribution in [2.24, 2.45) is 0 Å². The third kappa shape index (κ3) is 5.70. The molecule has 0 spiro atoms. The highest BCUT2D eigenvalue weighted by molar-refractivity contribution is 7.89. The molecule has 9 heteroatoms. The lowest BCUT2D eigenvalue weighted by molar-refractivity contribution is -0.132. The number of hydrogen-bond donors (Lipinski definition) is 2. The highest BCUT2D eigenvalue weighted by Gasteiger charge is 2.31. The standard InChI is InChI=1S/C26H28N4O4S/c1-20(27-24-15-9-8-14-23(24)25(31)28-21-10-4-2-5-11-21)26(32)29-16-18-30(19-17-29)35(33,34)22-12-6-3-7-13-22/h2-15,20,27H,16-19H2,1H3,(H,28,31). The number of rotatable bonds is 7. The Labute approximate surface area is 205 Å². The number of carbonyl (C=O) groups is 2. The van der Waals surface area contributed by atoms with Gasteiger partial charge in [0.1, 0.15) is 6.04 Å². The molecule has 1 aliphatic heterocycles. The van der Waals surface area contributed by atoms with Crippen LogP contribution < -0.4 is 10.6 Å². The summed E-state index contributed by atoms with van der Waals surface area (Å²) in [5.41, 5.74) is 1.65. The van der Waals surface area contributed by atoms with E-state index in [2.05, 4.69) is 10.6 Å². The van der Waals surface area contributed by atoms with Crippen LogP contribution in [0.3, 0.4) is 0 Å². The van der Waals surface area contributed by atoms with Gasteiger partial charge in [-0.2, -0.15) is 4.31 Å². The van der Waals surface area contributed by atoms with Gasteiger partial charge in [0.05, 0.1) is 10.5 Å². The fourth-order valence-corrected chi connectivity index (χ4v) is 5.43. The summed E-state index contributed by atoms with van der Waals surface area (Å²) in [7, 11) is -3.59. The second kappa shape index (κ2) is 10.7. The number of benzene rings is 3. The number of anilines is 2. The number of piperazine rings is 1. The smallest absolute Gasteiger partial charge is 0.257 e. The van der Waals surface area contributed by atoms with Crippen LogP contribution in [0.4, 0.5) is 11.4 Å². The van der Waals surface area contributed by atoms with Gasteiger partial charge in [0.25, 0.3) is 5.91 Å². The molecule has 3 aromatic rings. The second-order valence-corrected chi connectivity index (χ2v) is 10.2. The molecule has 35 heavy (non-hydrogen) atoms. The average Bonchev–Trinajstić information content (AvgIpc) is 2.89. The second-order valence-electron chi connectivity index (χ2n) is 8.27. The van der Waals surface area contributed by atoms with Crippen molar-refractivity contribution in [3.05, 3.63) is 90.5 Å². The fraction of sp³-hybridized carbons (Fsp3) is 0.231. The Morgan fingerprint density at radius 3 is 2.03 bits per heavy atom. The molecule has 1 aliphatic rings. The van der Waals surface area contributed by atoms with Crippen molar-refractivity contribution in [3.8, 4) is 0 Å². The van der Waals surface area contributed by atoms with E-state index in [0.29, 0.717) is 30.0 Å². The SMILES string of the molecule is CC(Nc1ccccc1C(=O)Nc1ccccc1)C(=O)N1CCN(S(=O)(=O)c2ccccc2)CC1. The van der Waals surface area contributed by atoms with Crippen molar-refractivity contribution in [1.82, 2.24) is 9.21 Å². The van der Waals surface area contributed by atoms with Gasteiger partial charge in [0, 0.05) is 37.6 Å². The van der Waals surface area contributed by atoms with E-state index in [1.165, 1.54) is 4.31 Å². The van der Waals surface area contributed by atoms with Gasteiger partial charge in [-0.05, 0) is 43.3 Å². The van der Waals surface area contributed by atoms with Crippen molar-refractivity contribution in [1.29, 1.82) is 0 Å². The van der Waals surface area contributed by atoms with E-state index in [4.69, 9.17) is 0 Å². The number of nitrogens with one attached hydrogen (secondary N) is 2. The first-order chi connectivity index (χ1) is 16.9. The van der Waals surface area contributed by atoms with E-state index in [1.54, 1.807) is 78.6 Å². The molecule has 182 valence electrons. The van der Waals surface area contributed by atoms with Crippen LogP contribution in [0.5, 0.6) is 0 Å². The van der Waals surface area contributed by atoms with E-state index >= 15 is 0 Å². The minimum absolute atomic E-state index is 0.153. The van der Waals surface area contributed by atoms with Crippen molar-refractivity contribution < 1.29 is 18.0 Å². The topological polar surface area (TPSA) is 98.8 Å². The van der Waals surface area contributed by atoms with Crippen molar-refractivity contribution >= 4 is 33.2 Å². The molecule has 0 aliphatic carbocycles. The third-order valence-electron chi connectivity index (χ3n) is 5.88. The Balaban J connectivity index is 1.38. The first kappa shape index (κ1) is 24.4. The van der Waals surface area contributed by atoms with Gasteiger partial charge in [-0.25, -0.2) is 8.42 Å². The van der Waals surface area contributed by atoms with Gasteiger partial charge in [0.15, 0.2) is 0 Å². The Kier molecular flexibility index (Phi) is 7.48. The molecule has 0 radical (unpaired) electrons. The minimum Gasteiger partial charge on any atom is -0.373 e. The first-order valence-electron chi connectivity index (χ1n) is 11.4. The molecule has 1 atom stereocenters. The van der Waals surface area contributed by atoms with E-state index in [-0.39, 0.29) is 29.8 Å². The van der Waals surface area contributed by atoms with Gasteiger partial charge >= 0.3 is 0 Å². The van der Waals surface area contributed by atoms with Crippen LogP contribution in [0.1, 0.15) is 17.3 Å². The maximum atomic E-state index is 13.1. The van der Waals surface area contributed by atoms with E-state index in [9.17, 15) is 18.0 Å². The average molecular weight is 493 g/mol. The summed E-state index contributed by atoms with van der Waals surface area (Å²) in [6.07, 6.45) is 0. The van der Waals surface area contributed by atoms with Gasteiger partial charge < -0.3 is 15.5 Å². The summed E-state index contributed by atoms with van der Waals surface area (Å²) in [5.74, 6) is -0.432. The summed E-state index contributed by atoms with van der Waals surface area (Å²) < 4.78 is 27.1. The van der Waals surface area contributed by atoms with Crippen molar-refractivity contribution in [3.63, 3.8) is 0 Å². The summed E-state index contributed by atoms with van der Waals surface area (Å²) >= 11 is 0. The lowest BCUT2D eigenvalue weighted by Gasteiger charge is -2.35. The predicted octanol–water partition coefficient (Wildman–Crippen LogP) is 3.27. The number of sulfonamides is 1. The largest absolute Gasteiger partial charge is 0.373 e. The van der Waals surface area contributed by atoms with Crippen LogP contribution in [-0.4, -0.2) is 61.7 Å². The summed E-state index contributed by atoms with van der Waals surface area (Å²) in [4.78, 5) is 27.8. The molecule has 3 aromatic carbocycles. The van der Waals surface area contributed by atoms with Crippen LogP contribution in [0.2, 0.25) is 0 Å². The number of hydrogen-bond acceptors (Lipinski definition) is 5. The molecule has 1 unspecified atom stereocenters. The zero-order valence-corrected chi connectivity index (χ0v) is 20.2. The van der Waals surface area contributed by atoms with Crippen LogP contribution in [0.15, 0.2) is 89.8 Å². The Bertz CT molecular complexity index is 1270. The molecule has 0 bridgehead atoms. The first-order valence-corrected chi connectivity index (χ1v) is 12.9. The number of nitrogens with zero attached hydrogens (tertiary/aromatic N) is 2. The summed E-state index contributed by atoms with van der Waals surface area (Å²) in [5, 5.41) is 6.02. The maximum absolute atomic E-state index is 13.1.